The van der Waals surface area contributed by atoms with Gasteiger partial charge >= 0.3 is 6.43 Å². The van der Waals surface area contributed by atoms with Crippen molar-refractivity contribution in [3.8, 4) is 11.5 Å². The highest BCUT2D eigenvalue weighted by molar-refractivity contribution is 5.51. The average molecular weight is 377 g/mol. The van der Waals surface area contributed by atoms with Gasteiger partial charge < -0.3 is 14.8 Å². The Bertz CT molecular complexity index is 925. The van der Waals surface area contributed by atoms with Crippen LogP contribution in [0.2, 0.25) is 0 Å². The monoisotopic (exact) mass is 377 g/mol. The van der Waals surface area contributed by atoms with Crippen molar-refractivity contribution in [3.05, 3.63) is 53.9 Å². The standard InChI is InChI=1S/C17H14F3N5O2/c18-11-3-1-10(2-4-11)17(5-12(26)6-17)23-16-21-7-9(8-22-16)14-24-25-15(27-14)13(19)20/h1-4,7-8,12-13,26H,5-6H2,(H,21,22,23). The summed E-state index contributed by atoms with van der Waals surface area (Å²) < 4.78 is 43.1. The van der Waals surface area contributed by atoms with Crippen LogP contribution in [0.3, 0.4) is 0 Å². The molecular formula is C17H14F3N5O2. The number of hydrogen-bond donors (Lipinski definition) is 2. The van der Waals surface area contributed by atoms with Crippen molar-refractivity contribution in [2.24, 2.45) is 0 Å². The molecule has 7 nitrogen and oxygen atoms in total. The first-order valence-electron chi connectivity index (χ1n) is 8.11. The molecule has 0 aliphatic heterocycles. The molecule has 0 unspecified atom stereocenters. The number of rotatable bonds is 5. The summed E-state index contributed by atoms with van der Waals surface area (Å²) in [5, 5.41) is 19.7. The largest absolute Gasteiger partial charge is 0.415 e. The molecule has 0 saturated heterocycles. The lowest BCUT2D eigenvalue weighted by atomic mass is 9.70. The second-order valence-electron chi connectivity index (χ2n) is 6.32. The SMILES string of the molecule is OC1CC(Nc2ncc(-c3nnc(C(F)F)o3)cn2)(c2ccc(F)cc2)C1. The third-order valence-electron chi connectivity index (χ3n) is 4.44. The van der Waals surface area contributed by atoms with Crippen LogP contribution in [-0.2, 0) is 5.54 Å². The van der Waals surface area contributed by atoms with Crippen LogP contribution in [0, 0.1) is 5.82 Å². The molecule has 0 bridgehead atoms. The molecule has 1 aliphatic rings. The predicted molar refractivity (Wildman–Crippen MR) is 87.2 cm³/mol. The van der Waals surface area contributed by atoms with E-state index in [0.29, 0.717) is 18.4 Å². The third-order valence-corrected chi connectivity index (χ3v) is 4.44. The van der Waals surface area contributed by atoms with E-state index < -0.39 is 24.0 Å². The van der Waals surface area contributed by atoms with E-state index in [2.05, 4.69) is 25.5 Å². The highest BCUT2D eigenvalue weighted by Crippen LogP contribution is 2.43. The van der Waals surface area contributed by atoms with Crippen LogP contribution in [-0.4, -0.2) is 31.4 Å². The van der Waals surface area contributed by atoms with Crippen LogP contribution in [0.15, 0.2) is 41.1 Å². The summed E-state index contributed by atoms with van der Waals surface area (Å²) in [6.45, 7) is 0. The molecule has 0 atom stereocenters. The minimum absolute atomic E-state index is 0.107. The molecule has 2 N–H and O–H groups in total. The Morgan fingerprint density at radius 3 is 2.33 bits per heavy atom. The molecule has 1 aliphatic carbocycles. The Morgan fingerprint density at radius 2 is 1.78 bits per heavy atom. The molecule has 4 rings (SSSR count). The molecule has 0 amide bonds. The summed E-state index contributed by atoms with van der Waals surface area (Å²) in [6.07, 6.45) is 0.245. The normalized spacial score (nSPS) is 21.9. The van der Waals surface area contributed by atoms with Crippen LogP contribution in [0.1, 0.15) is 30.7 Å². The molecule has 1 saturated carbocycles. The first kappa shape index (κ1) is 17.4. The number of halogens is 3. The number of aliphatic hydroxyl groups excluding tert-OH is 1. The minimum Gasteiger partial charge on any atom is -0.415 e. The van der Waals surface area contributed by atoms with E-state index in [4.69, 9.17) is 4.42 Å². The minimum atomic E-state index is -2.85. The molecular weight excluding hydrogens is 363 g/mol. The van der Waals surface area contributed by atoms with Gasteiger partial charge in [-0.2, -0.15) is 8.78 Å². The maximum atomic E-state index is 13.2. The van der Waals surface area contributed by atoms with Gasteiger partial charge in [0.05, 0.1) is 17.2 Å². The van der Waals surface area contributed by atoms with Crippen LogP contribution in [0.5, 0.6) is 0 Å². The van der Waals surface area contributed by atoms with Crippen LogP contribution >= 0.6 is 0 Å². The summed E-state index contributed by atoms with van der Waals surface area (Å²) in [4.78, 5) is 8.30. The number of hydrogen-bond acceptors (Lipinski definition) is 7. The molecule has 2 aromatic heterocycles. The van der Waals surface area contributed by atoms with Gasteiger partial charge in [0.15, 0.2) is 0 Å². The maximum absolute atomic E-state index is 13.2. The van der Waals surface area contributed by atoms with E-state index in [-0.39, 0.29) is 17.7 Å². The highest BCUT2D eigenvalue weighted by Gasteiger charge is 2.45. The van der Waals surface area contributed by atoms with Crippen molar-refractivity contribution < 1.29 is 22.7 Å². The van der Waals surface area contributed by atoms with E-state index in [0.717, 1.165) is 5.56 Å². The predicted octanol–water partition coefficient (Wildman–Crippen LogP) is 3.07. The van der Waals surface area contributed by atoms with Gasteiger partial charge in [0.2, 0.25) is 5.95 Å². The number of nitrogens with zero attached hydrogens (tertiary/aromatic N) is 4. The number of alkyl halides is 2. The Labute approximate surface area is 151 Å². The summed E-state index contributed by atoms with van der Waals surface area (Å²) in [5.74, 6) is -0.962. The van der Waals surface area contributed by atoms with Crippen LogP contribution in [0.25, 0.3) is 11.5 Å². The highest BCUT2D eigenvalue weighted by atomic mass is 19.3. The first-order valence-corrected chi connectivity index (χ1v) is 8.11. The van der Waals surface area contributed by atoms with Crippen molar-refractivity contribution in [3.63, 3.8) is 0 Å². The third kappa shape index (κ3) is 3.35. The zero-order chi connectivity index (χ0) is 19.0. The topological polar surface area (TPSA) is 97.0 Å². The molecule has 140 valence electrons. The molecule has 0 radical (unpaired) electrons. The van der Waals surface area contributed by atoms with Gasteiger partial charge in [-0.05, 0) is 17.7 Å². The second-order valence-corrected chi connectivity index (χ2v) is 6.32. The summed E-state index contributed by atoms with van der Waals surface area (Å²) in [6, 6.07) is 5.99. The lowest BCUT2D eigenvalue weighted by molar-refractivity contribution is 0.0314. The average Bonchev–Trinajstić information content (AvgIpc) is 3.12. The van der Waals surface area contributed by atoms with E-state index in [1.165, 1.54) is 24.5 Å². The van der Waals surface area contributed by atoms with Gasteiger partial charge in [-0.15, -0.1) is 10.2 Å². The van der Waals surface area contributed by atoms with E-state index in [9.17, 15) is 18.3 Å². The summed E-state index contributed by atoms with van der Waals surface area (Å²) in [5.41, 5.74) is 0.492. The second kappa shape index (κ2) is 6.62. The molecule has 2 heterocycles. The fourth-order valence-corrected chi connectivity index (χ4v) is 3.08. The number of benzene rings is 1. The van der Waals surface area contributed by atoms with E-state index >= 15 is 0 Å². The maximum Gasteiger partial charge on any atom is 0.314 e. The van der Waals surface area contributed by atoms with Crippen molar-refractivity contribution >= 4 is 5.95 Å². The lowest BCUT2D eigenvalue weighted by Gasteiger charge is -2.46. The number of nitrogens with one attached hydrogen (secondary N) is 1. The lowest BCUT2D eigenvalue weighted by Crippen LogP contribution is -2.50. The number of aromatic nitrogens is 4. The molecule has 0 spiro atoms. The van der Waals surface area contributed by atoms with E-state index in [1.807, 2.05) is 0 Å². The van der Waals surface area contributed by atoms with Gasteiger partial charge in [-0.25, -0.2) is 14.4 Å². The summed E-state index contributed by atoms with van der Waals surface area (Å²) in [7, 11) is 0. The van der Waals surface area contributed by atoms with Gasteiger partial charge in [-0.3, -0.25) is 0 Å². The molecule has 1 aromatic carbocycles. The number of aliphatic hydroxyl groups is 1. The quantitative estimate of drug-likeness (QED) is 0.705. The Morgan fingerprint density at radius 1 is 1.11 bits per heavy atom. The Kier molecular flexibility index (Phi) is 4.27. The smallest absolute Gasteiger partial charge is 0.314 e. The van der Waals surface area contributed by atoms with Crippen molar-refractivity contribution in [1.82, 2.24) is 20.2 Å². The van der Waals surface area contributed by atoms with Gasteiger partial charge in [0.1, 0.15) is 5.82 Å². The van der Waals surface area contributed by atoms with Gasteiger partial charge in [-0.1, -0.05) is 12.1 Å². The Balaban J connectivity index is 1.55. The summed E-state index contributed by atoms with van der Waals surface area (Å²) >= 11 is 0. The fourth-order valence-electron chi connectivity index (χ4n) is 3.08. The van der Waals surface area contributed by atoms with Gasteiger partial charge in [0, 0.05) is 25.2 Å². The zero-order valence-corrected chi connectivity index (χ0v) is 13.8. The Hall–Kier alpha value is -3.01. The van der Waals surface area contributed by atoms with Crippen LogP contribution in [0.4, 0.5) is 19.1 Å². The molecule has 10 heteroatoms. The molecule has 3 aromatic rings. The van der Waals surface area contributed by atoms with Crippen molar-refractivity contribution in [2.45, 2.75) is 30.9 Å². The van der Waals surface area contributed by atoms with Crippen molar-refractivity contribution in [2.75, 3.05) is 5.32 Å². The number of anilines is 1. The fraction of sp³-hybridized carbons (Fsp3) is 0.294. The molecule has 1 fully saturated rings. The van der Waals surface area contributed by atoms with Gasteiger partial charge in [0.25, 0.3) is 11.8 Å². The van der Waals surface area contributed by atoms with Crippen molar-refractivity contribution in [1.29, 1.82) is 0 Å². The van der Waals surface area contributed by atoms with E-state index in [1.54, 1.807) is 12.1 Å². The first-order chi connectivity index (χ1) is 12.9. The zero-order valence-electron chi connectivity index (χ0n) is 13.8. The van der Waals surface area contributed by atoms with Crippen LogP contribution < -0.4 is 5.32 Å². The molecule has 27 heavy (non-hydrogen) atoms.